The highest BCUT2D eigenvalue weighted by Gasteiger charge is 2.16. The molecule has 0 unspecified atom stereocenters. The average Bonchev–Trinajstić information content (AvgIpc) is 3.12. The van der Waals surface area contributed by atoms with Crippen molar-refractivity contribution < 1.29 is 4.79 Å². The van der Waals surface area contributed by atoms with Gasteiger partial charge in [0, 0.05) is 31.7 Å². The molecule has 3 rings (SSSR count). The van der Waals surface area contributed by atoms with Crippen LogP contribution < -0.4 is 5.32 Å². The summed E-state index contributed by atoms with van der Waals surface area (Å²) >= 11 is 6.19. The molecule has 0 aliphatic carbocycles. The van der Waals surface area contributed by atoms with Crippen molar-refractivity contribution in [2.45, 2.75) is 13.0 Å². The Morgan fingerprint density at radius 1 is 1.29 bits per heavy atom. The number of fused-ring (bicyclic) bond motifs is 1. The minimum absolute atomic E-state index is 0.252. The van der Waals surface area contributed by atoms with E-state index < -0.39 is 0 Å². The number of halogens is 1. The number of rotatable bonds is 5. The first-order valence-electron chi connectivity index (χ1n) is 6.64. The van der Waals surface area contributed by atoms with Gasteiger partial charge in [-0.2, -0.15) is 10.2 Å². The van der Waals surface area contributed by atoms with Gasteiger partial charge in [-0.1, -0.05) is 17.7 Å². The van der Waals surface area contributed by atoms with Gasteiger partial charge >= 0.3 is 0 Å². The molecule has 108 valence electrons. The fourth-order valence-corrected chi connectivity index (χ4v) is 2.35. The molecule has 1 N–H and O–H groups in total. The SMILES string of the molecule is O=C(NCCCn1cccn1)c1nn2ccccc2c1Cl. The van der Waals surface area contributed by atoms with Crippen LogP contribution in [-0.2, 0) is 6.54 Å². The number of aryl methyl sites for hydroxylation is 1. The van der Waals surface area contributed by atoms with E-state index in [4.69, 9.17) is 11.6 Å². The van der Waals surface area contributed by atoms with E-state index in [0.717, 1.165) is 18.5 Å². The van der Waals surface area contributed by atoms with Crippen molar-refractivity contribution >= 4 is 23.0 Å². The number of hydrogen-bond donors (Lipinski definition) is 1. The predicted octanol–water partition coefficient (Wildman–Crippen LogP) is 2.00. The monoisotopic (exact) mass is 303 g/mol. The molecule has 1 amide bonds. The standard InChI is InChI=1S/C14H14ClN5O/c15-12-11-5-1-2-10-20(11)18-13(12)14(21)16-6-3-8-19-9-4-7-17-19/h1-2,4-5,7,9-10H,3,6,8H2,(H,16,21). The highest BCUT2D eigenvalue weighted by atomic mass is 35.5. The van der Waals surface area contributed by atoms with E-state index in [1.807, 2.05) is 35.1 Å². The second-order valence-corrected chi connectivity index (χ2v) is 4.95. The first kappa shape index (κ1) is 13.6. The Hall–Kier alpha value is -2.34. The third-order valence-corrected chi connectivity index (χ3v) is 3.48. The van der Waals surface area contributed by atoms with E-state index in [-0.39, 0.29) is 11.6 Å². The van der Waals surface area contributed by atoms with Crippen LogP contribution in [0.2, 0.25) is 5.02 Å². The smallest absolute Gasteiger partial charge is 0.273 e. The lowest BCUT2D eigenvalue weighted by Crippen LogP contribution is -2.26. The summed E-state index contributed by atoms with van der Waals surface area (Å²) in [6, 6.07) is 7.38. The van der Waals surface area contributed by atoms with Crippen LogP contribution in [0.15, 0.2) is 42.9 Å². The highest BCUT2D eigenvalue weighted by Crippen LogP contribution is 2.21. The zero-order valence-electron chi connectivity index (χ0n) is 11.2. The third kappa shape index (κ3) is 2.90. The van der Waals surface area contributed by atoms with Crippen LogP contribution in [0.1, 0.15) is 16.9 Å². The van der Waals surface area contributed by atoms with Gasteiger partial charge < -0.3 is 5.32 Å². The molecule has 3 aromatic heterocycles. The van der Waals surface area contributed by atoms with Crippen molar-refractivity contribution in [1.82, 2.24) is 24.7 Å². The number of nitrogens with one attached hydrogen (secondary N) is 1. The molecule has 0 spiro atoms. The van der Waals surface area contributed by atoms with Crippen LogP contribution in [0.3, 0.4) is 0 Å². The van der Waals surface area contributed by atoms with Crippen molar-refractivity contribution in [1.29, 1.82) is 0 Å². The first-order valence-corrected chi connectivity index (χ1v) is 7.02. The summed E-state index contributed by atoms with van der Waals surface area (Å²) in [6.45, 7) is 1.30. The van der Waals surface area contributed by atoms with Gasteiger partial charge in [-0.05, 0) is 24.6 Å². The number of carbonyl (C=O) groups excluding carboxylic acids is 1. The van der Waals surface area contributed by atoms with E-state index in [9.17, 15) is 4.79 Å². The lowest BCUT2D eigenvalue weighted by atomic mass is 10.3. The summed E-state index contributed by atoms with van der Waals surface area (Å²) in [6.07, 6.45) is 6.17. The van der Waals surface area contributed by atoms with Gasteiger partial charge in [0.25, 0.3) is 5.91 Å². The molecule has 3 heterocycles. The molecule has 0 saturated heterocycles. The van der Waals surface area contributed by atoms with E-state index in [2.05, 4.69) is 15.5 Å². The van der Waals surface area contributed by atoms with E-state index in [0.29, 0.717) is 11.6 Å². The molecule has 0 radical (unpaired) electrons. The molecular weight excluding hydrogens is 290 g/mol. The molecule has 6 nitrogen and oxygen atoms in total. The maximum atomic E-state index is 12.1. The van der Waals surface area contributed by atoms with Gasteiger partial charge in [-0.25, -0.2) is 4.52 Å². The van der Waals surface area contributed by atoms with Crippen molar-refractivity contribution in [2.24, 2.45) is 0 Å². The van der Waals surface area contributed by atoms with E-state index in [1.54, 1.807) is 16.9 Å². The molecule has 7 heteroatoms. The van der Waals surface area contributed by atoms with Crippen molar-refractivity contribution in [3.05, 3.63) is 53.6 Å². The van der Waals surface area contributed by atoms with Crippen LogP contribution in [0.5, 0.6) is 0 Å². The molecule has 3 aromatic rings. The number of carbonyl (C=O) groups is 1. The Morgan fingerprint density at radius 3 is 2.95 bits per heavy atom. The van der Waals surface area contributed by atoms with Crippen LogP contribution in [0, 0.1) is 0 Å². The molecule has 0 aliphatic rings. The van der Waals surface area contributed by atoms with E-state index in [1.165, 1.54) is 0 Å². The minimum Gasteiger partial charge on any atom is -0.351 e. The summed E-state index contributed by atoms with van der Waals surface area (Å²) in [4.78, 5) is 12.1. The Morgan fingerprint density at radius 2 is 2.19 bits per heavy atom. The number of amides is 1. The number of hydrogen-bond acceptors (Lipinski definition) is 3. The van der Waals surface area contributed by atoms with Crippen LogP contribution in [0.25, 0.3) is 5.52 Å². The second-order valence-electron chi connectivity index (χ2n) is 4.57. The first-order chi connectivity index (χ1) is 10.3. The van der Waals surface area contributed by atoms with E-state index >= 15 is 0 Å². The second kappa shape index (κ2) is 5.97. The maximum absolute atomic E-state index is 12.1. The highest BCUT2D eigenvalue weighted by molar-refractivity contribution is 6.36. The van der Waals surface area contributed by atoms with Gasteiger partial charge in [0.15, 0.2) is 5.69 Å². The summed E-state index contributed by atoms with van der Waals surface area (Å²) < 4.78 is 3.42. The van der Waals surface area contributed by atoms with Crippen LogP contribution in [0.4, 0.5) is 0 Å². The van der Waals surface area contributed by atoms with Gasteiger partial charge in [0.1, 0.15) is 0 Å². The normalized spacial score (nSPS) is 10.9. The summed E-state index contributed by atoms with van der Waals surface area (Å²) in [5.74, 6) is -0.260. The molecule has 0 saturated carbocycles. The predicted molar refractivity (Wildman–Crippen MR) is 79.4 cm³/mol. The van der Waals surface area contributed by atoms with Crippen LogP contribution in [-0.4, -0.2) is 31.8 Å². The molecule has 0 atom stereocenters. The molecule has 0 bridgehead atoms. The molecule has 0 aromatic carbocycles. The fourth-order valence-electron chi connectivity index (χ4n) is 2.07. The number of aromatic nitrogens is 4. The largest absolute Gasteiger partial charge is 0.351 e. The topological polar surface area (TPSA) is 64.2 Å². The Kier molecular flexibility index (Phi) is 3.87. The van der Waals surface area contributed by atoms with Gasteiger partial charge in [0.2, 0.25) is 0 Å². The average molecular weight is 304 g/mol. The Balaban J connectivity index is 1.60. The Labute approximate surface area is 126 Å². The van der Waals surface area contributed by atoms with Gasteiger partial charge in [-0.3, -0.25) is 9.48 Å². The number of pyridine rings is 1. The number of nitrogens with zero attached hydrogens (tertiary/aromatic N) is 4. The van der Waals surface area contributed by atoms with Gasteiger partial charge in [0.05, 0.1) is 10.5 Å². The third-order valence-electron chi connectivity index (χ3n) is 3.10. The summed E-state index contributed by atoms with van der Waals surface area (Å²) in [5, 5.41) is 11.5. The molecular formula is C14H14ClN5O. The summed E-state index contributed by atoms with van der Waals surface area (Å²) in [7, 11) is 0. The lowest BCUT2D eigenvalue weighted by molar-refractivity contribution is 0.0947. The fraction of sp³-hybridized carbons (Fsp3) is 0.214. The molecule has 0 fully saturated rings. The maximum Gasteiger partial charge on any atom is 0.273 e. The zero-order chi connectivity index (χ0) is 14.7. The molecule has 21 heavy (non-hydrogen) atoms. The molecule has 0 aliphatic heterocycles. The van der Waals surface area contributed by atoms with Gasteiger partial charge in [-0.15, -0.1) is 0 Å². The van der Waals surface area contributed by atoms with Crippen molar-refractivity contribution in [3.63, 3.8) is 0 Å². The lowest BCUT2D eigenvalue weighted by Gasteiger charge is -2.03. The minimum atomic E-state index is -0.260. The Bertz CT molecular complexity index is 750. The zero-order valence-corrected chi connectivity index (χ0v) is 12.0. The quantitative estimate of drug-likeness (QED) is 0.733. The van der Waals surface area contributed by atoms with Crippen molar-refractivity contribution in [3.8, 4) is 0 Å². The summed E-state index contributed by atoms with van der Waals surface area (Å²) in [5.41, 5.74) is 0.975. The van der Waals surface area contributed by atoms with Crippen LogP contribution >= 0.6 is 11.6 Å². The van der Waals surface area contributed by atoms with Crippen molar-refractivity contribution in [2.75, 3.05) is 6.54 Å².